The molecule has 3 heteroatoms. The van der Waals surface area contributed by atoms with E-state index < -0.39 is 5.83 Å². The summed E-state index contributed by atoms with van der Waals surface area (Å²) in [6.07, 6.45) is 3.55. The molecule has 0 saturated heterocycles. The van der Waals surface area contributed by atoms with E-state index in [0.29, 0.717) is 11.7 Å². The van der Waals surface area contributed by atoms with Crippen LogP contribution in [-0.2, 0) is 0 Å². The lowest BCUT2D eigenvalue weighted by atomic mass is 10.3. The first kappa shape index (κ1) is 8.84. The SMILES string of the molecule is C=C/C(N)=C(/NC1CC1)C(=C)F. The molecule has 0 aromatic heterocycles. The summed E-state index contributed by atoms with van der Waals surface area (Å²) in [4.78, 5) is 0. The van der Waals surface area contributed by atoms with Gasteiger partial charge in [-0.05, 0) is 18.9 Å². The van der Waals surface area contributed by atoms with Crippen LogP contribution >= 0.6 is 0 Å². The van der Waals surface area contributed by atoms with E-state index in [1.165, 1.54) is 6.08 Å². The molecule has 12 heavy (non-hydrogen) atoms. The number of allylic oxidation sites excluding steroid dienone is 2. The average Bonchev–Trinajstić information content (AvgIpc) is 2.81. The van der Waals surface area contributed by atoms with E-state index >= 15 is 0 Å². The van der Waals surface area contributed by atoms with Crippen LogP contribution < -0.4 is 11.1 Å². The van der Waals surface area contributed by atoms with Crippen molar-refractivity contribution in [1.29, 1.82) is 0 Å². The van der Waals surface area contributed by atoms with Gasteiger partial charge in [0.25, 0.3) is 0 Å². The van der Waals surface area contributed by atoms with Crippen molar-refractivity contribution in [3.05, 3.63) is 36.5 Å². The maximum Gasteiger partial charge on any atom is 0.141 e. The normalized spacial score (nSPS) is 18.1. The van der Waals surface area contributed by atoms with Crippen molar-refractivity contribution >= 4 is 0 Å². The van der Waals surface area contributed by atoms with Gasteiger partial charge in [-0.1, -0.05) is 13.2 Å². The topological polar surface area (TPSA) is 38.0 Å². The van der Waals surface area contributed by atoms with Gasteiger partial charge >= 0.3 is 0 Å². The standard InChI is InChI=1S/C9H13FN2/c1-3-8(11)9(6(2)10)12-7-4-5-7/h3,7,12H,1-2,4-5,11H2/b9-8-. The Kier molecular flexibility index (Phi) is 2.53. The molecule has 2 nitrogen and oxygen atoms in total. The molecule has 0 atom stereocenters. The zero-order valence-electron chi connectivity index (χ0n) is 6.94. The predicted octanol–water partition coefficient (Wildman–Crippen LogP) is 1.58. The van der Waals surface area contributed by atoms with Crippen LogP contribution in [0.5, 0.6) is 0 Å². The Hall–Kier alpha value is -1.25. The minimum atomic E-state index is -0.528. The molecule has 0 aliphatic heterocycles. The fourth-order valence-electron chi connectivity index (χ4n) is 0.852. The van der Waals surface area contributed by atoms with Crippen molar-refractivity contribution in [3.63, 3.8) is 0 Å². The number of nitrogens with two attached hydrogens (primary N) is 1. The minimum Gasteiger partial charge on any atom is -0.397 e. The maximum absolute atomic E-state index is 12.7. The fourth-order valence-corrected chi connectivity index (χ4v) is 0.852. The Bertz CT molecular complexity index is 239. The lowest BCUT2D eigenvalue weighted by Crippen LogP contribution is -2.20. The van der Waals surface area contributed by atoms with Gasteiger partial charge in [0.1, 0.15) is 5.83 Å². The molecule has 3 N–H and O–H groups in total. The number of hydrogen-bond acceptors (Lipinski definition) is 2. The predicted molar refractivity (Wildman–Crippen MR) is 47.8 cm³/mol. The quantitative estimate of drug-likeness (QED) is 0.625. The Morgan fingerprint density at radius 1 is 1.58 bits per heavy atom. The molecule has 0 amide bonds. The van der Waals surface area contributed by atoms with E-state index in [0.717, 1.165) is 12.8 Å². The van der Waals surface area contributed by atoms with Crippen LogP contribution in [0.3, 0.4) is 0 Å². The van der Waals surface area contributed by atoms with Gasteiger partial charge in [-0.2, -0.15) is 0 Å². The second-order valence-corrected chi connectivity index (χ2v) is 2.86. The van der Waals surface area contributed by atoms with Crippen molar-refractivity contribution in [2.45, 2.75) is 18.9 Å². The van der Waals surface area contributed by atoms with Crippen molar-refractivity contribution in [1.82, 2.24) is 5.32 Å². The van der Waals surface area contributed by atoms with E-state index in [1.807, 2.05) is 0 Å². The van der Waals surface area contributed by atoms with Crippen molar-refractivity contribution < 1.29 is 4.39 Å². The Balaban J connectivity index is 2.71. The molecular formula is C9H13FN2. The molecular weight excluding hydrogens is 155 g/mol. The maximum atomic E-state index is 12.7. The molecule has 0 aromatic rings. The molecule has 0 radical (unpaired) electrons. The molecule has 1 aliphatic rings. The summed E-state index contributed by atoms with van der Waals surface area (Å²) in [5.74, 6) is -0.528. The van der Waals surface area contributed by atoms with Crippen LogP contribution in [-0.4, -0.2) is 6.04 Å². The molecule has 1 saturated carbocycles. The van der Waals surface area contributed by atoms with E-state index in [4.69, 9.17) is 5.73 Å². The number of halogens is 1. The van der Waals surface area contributed by atoms with E-state index in [9.17, 15) is 4.39 Å². The van der Waals surface area contributed by atoms with E-state index in [1.54, 1.807) is 0 Å². The highest BCUT2D eigenvalue weighted by atomic mass is 19.1. The molecule has 0 aromatic carbocycles. The first-order chi connectivity index (χ1) is 5.65. The summed E-state index contributed by atoms with van der Waals surface area (Å²) < 4.78 is 12.7. The molecule has 1 aliphatic carbocycles. The number of rotatable bonds is 4. The summed E-state index contributed by atoms with van der Waals surface area (Å²) in [6.45, 7) is 6.65. The van der Waals surface area contributed by atoms with Crippen LogP contribution in [0.4, 0.5) is 4.39 Å². The molecule has 0 heterocycles. The van der Waals surface area contributed by atoms with Crippen LogP contribution in [0.25, 0.3) is 0 Å². The van der Waals surface area contributed by atoms with Gasteiger partial charge in [0.15, 0.2) is 0 Å². The monoisotopic (exact) mass is 168 g/mol. The molecule has 1 rings (SSSR count). The highest BCUT2D eigenvalue weighted by Crippen LogP contribution is 2.22. The van der Waals surface area contributed by atoms with Crippen molar-refractivity contribution in [2.75, 3.05) is 0 Å². The number of nitrogens with one attached hydrogen (secondary N) is 1. The largest absolute Gasteiger partial charge is 0.397 e. The summed E-state index contributed by atoms with van der Waals surface area (Å²) >= 11 is 0. The van der Waals surface area contributed by atoms with Gasteiger partial charge in [0, 0.05) is 6.04 Å². The third-order valence-electron chi connectivity index (χ3n) is 1.71. The van der Waals surface area contributed by atoms with Crippen molar-refractivity contribution in [3.8, 4) is 0 Å². The molecule has 1 fully saturated rings. The minimum absolute atomic E-state index is 0.285. The van der Waals surface area contributed by atoms with Gasteiger partial charge in [0.05, 0.1) is 11.4 Å². The van der Waals surface area contributed by atoms with Gasteiger partial charge in [-0.25, -0.2) is 4.39 Å². The highest BCUT2D eigenvalue weighted by Gasteiger charge is 2.23. The Labute approximate surface area is 71.6 Å². The highest BCUT2D eigenvalue weighted by molar-refractivity contribution is 5.32. The molecule has 0 spiro atoms. The second kappa shape index (κ2) is 3.43. The lowest BCUT2D eigenvalue weighted by Gasteiger charge is -2.08. The Morgan fingerprint density at radius 3 is 2.50 bits per heavy atom. The molecule has 0 bridgehead atoms. The zero-order valence-corrected chi connectivity index (χ0v) is 6.94. The average molecular weight is 168 g/mol. The summed E-state index contributed by atoms with van der Waals surface area (Å²) in [5, 5.41) is 2.95. The first-order valence-electron chi connectivity index (χ1n) is 3.88. The summed E-state index contributed by atoms with van der Waals surface area (Å²) in [5.41, 5.74) is 6.09. The molecule has 66 valence electrons. The third-order valence-corrected chi connectivity index (χ3v) is 1.71. The lowest BCUT2D eigenvalue weighted by molar-refractivity contribution is 0.618. The first-order valence-corrected chi connectivity index (χ1v) is 3.88. The third kappa shape index (κ3) is 2.12. The van der Waals surface area contributed by atoms with Crippen LogP contribution in [0.2, 0.25) is 0 Å². The van der Waals surface area contributed by atoms with Gasteiger partial charge in [-0.3, -0.25) is 0 Å². The molecule has 0 unspecified atom stereocenters. The Morgan fingerprint density at radius 2 is 2.17 bits per heavy atom. The van der Waals surface area contributed by atoms with E-state index in [2.05, 4.69) is 18.5 Å². The van der Waals surface area contributed by atoms with Crippen molar-refractivity contribution in [2.24, 2.45) is 5.73 Å². The summed E-state index contributed by atoms with van der Waals surface area (Å²) in [6, 6.07) is 0.367. The second-order valence-electron chi connectivity index (χ2n) is 2.86. The van der Waals surface area contributed by atoms with Gasteiger partial charge in [0.2, 0.25) is 0 Å². The van der Waals surface area contributed by atoms with Gasteiger partial charge in [-0.15, -0.1) is 0 Å². The zero-order chi connectivity index (χ0) is 9.14. The number of hydrogen-bond donors (Lipinski definition) is 2. The van der Waals surface area contributed by atoms with Gasteiger partial charge < -0.3 is 11.1 Å². The van der Waals surface area contributed by atoms with Crippen LogP contribution in [0.15, 0.2) is 36.5 Å². The summed E-state index contributed by atoms with van der Waals surface area (Å²) in [7, 11) is 0. The van der Waals surface area contributed by atoms with E-state index in [-0.39, 0.29) is 5.70 Å². The van der Waals surface area contributed by atoms with Crippen LogP contribution in [0.1, 0.15) is 12.8 Å². The van der Waals surface area contributed by atoms with Crippen LogP contribution in [0, 0.1) is 0 Å². The fraction of sp³-hybridized carbons (Fsp3) is 0.333. The smallest absolute Gasteiger partial charge is 0.141 e.